The number of aromatic nitrogens is 2. The Labute approximate surface area is 94.3 Å². The van der Waals surface area contributed by atoms with E-state index < -0.39 is 17.7 Å². The number of benzene rings is 1. The van der Waals surface area contributed by atoms with Crippen LogP contribution in [0.5, 0.6) is 0 Å². The Bertz CT molecular complexity index is 543. The standard InChI is InChI=1S/C11H7F4N2/c1-6-9(7-4-2-3-5-8(7)12)16-17-10(6)11(13,14)15/h2,4-5H,1H3,(H,16,17). The summed E-state index contributed by atoms with van der Waals surface area (Å²) in [6.07, 6.45) is -4.55. The van der Waals surface area contributed by atoms with E-state index in [-0.39, 0.29) is 16.8 Å². The zero-order valence-corrected chi connectivity index (χ0v) is 8.69. The van der Waals surface area contributed by atoms with Gasteiger partial charge in [-0.3, -0.25) is 5.10 Å². The molecule has 2 aromatic rings. The Kier molecular flexibility index (Phi) is 2.65. The molecule has 0 saturated heterocycles. The van der Waals surface area contributed by atoms with Crippen LogP contribution in [0.1, 0.15) is 11.3 Å². The number of hydrogen-bond donors (Lipinski definition) is 1. The lowest BCUT2D eigenvalue weighted by Gasteiger charge is -2.04. The summed E-state index contributed by atoms with van der Waals surface area (Å²) in [7, 11) is 0. The second kappa shape index (κ2) is 3.87. The van der Waals surface area contributed by atoms with Crippen molar-refractivity contribution in [3.8, 4) is 11.3 Å². The molecule has 0 unspecified atom stereocenters. The minimum Gasteiger partial charge on any atom is -0.277 e. The number of aromatic amines is 1. The maximum Gasteiger partial charge on any atom is 0.435 e. The second-order valence-electron chi connectivity index (χ2n) is 3.48. The highest BCUT2D eigenvalue weighted by Gasteiger charge is 2.36. The Morgan fingerprint density at radius 1 is 1.35 bits per heavy atom. The van der Waals surface area contributed by atoms with E-state index in [4.69, 9.17) is 0 Å². The van der Waals surface area contributed by atoms with Crippen molar-refractivity contribution in [1.82, 2.24) is 10.2 Å². The van der Waals surface area contributed by atoms with E-state index in [2.05, 4.69) is 16.3 Å². The summed E-state index contributed by atoms with van der Waals surface area (Å²) in [4.78, 5) is 0. The smallest absolute Gasteiger partial charge is 0.277 e. The lowest BCUT2D eigenvalue weighted by atomic mass is 10.1. The van der Waals surface area contributed by atoms with Gasteiger partial charge in [-0.15, -0.1) is 0 Å². The van der Waals surface area contributed by atoms with Crippen molar-refractivity contribution in [3.63, 3.8) is 0 Å². The minimum atomic E-state index is -4.55. The molecule has 0 amide bonds. The van der Waals surface area contributed by atoms with E-state index in [1.165, 1.54) is 19.1 Å². The van der Waals surface area contributed by atoms with E-state index in [0.717, 1.165) is 6.07 Å². The first-order valence-electron chi connectivity index (χ1n) is 4.69. The summed E-state index contributed by atoms with van der Waals surface area (Å²) in [5, 5.41) is 5.39. The maximum atomic E-state index is 13.4. The zero-order valence-electron chi connectivity index (χ0n) is 8.69. The number of halogens is 4. The molecule has 0 bridgehead atoms. The van der Waals surface area contributed by atoms with Gasteiger partial charge in [-0.2, -0.15) is 18.3 Å². The van der Waals surface area contributed by atoms with Crippen molar-refractivity contribution < 1.29 is 17.6 Å². The molecule has 1 aromatic carbocycles. The summed E-state index contributed by atoms with van der Waals surface area (Å²) in [6, 6.07) is 6.32. The summed E-state index contributed by atoms with van der Waals surface area (Å²) in [5.74, 6) is -0.645. The van der Waals surface area contributed by atoms with Crippen molar-refractivity contribution in [2.45, 2.75) is 13.1 Å². The number of nitrogens with one attached hydrogen (secondary N) is 1. The van der Waals surface area contributed by atoms with E-state index >= 15 is 0 Å². The molecule has 6 heteroatoms. The third-order valence-electron chi connectivity index (χ3n) is 2.36. The van der Waals surface area contributed by atoms with Gasteiger partial charge in [0.15, 0.2) is 5.69 Å². The average molecular weight is 243 g/mol. The predicted octanol–water partition coefficient (Wildman–Crippen LogP) is 3.34. The largest absolute Gasteiger partial charge is 0.435 e. The fourth-order valence-corrected chi connectivity index (χ4v) is 1.55. The first-order valence-corrected chi connectivity index (χ1v) is 4.69. The van der Waals surface area contributed by atoms with Crippen molar-refractivity contribution in [1.29, 1.82) is 0 Å². The molecule has 0 aliphatic carbocycles. The SMILES string of the molecule is Cc1c(C(F)(F)F)n[nH]c1-c1cc[c]cc1F. The number of nitrogens with zero attached hydrogens (tertiary/aromatic N) is 1. The van der Waals surface area contributed by atoms with Crippen LogP contribution in [-0.2, 0) is 6.18 Å². The summed E-state index contributed by atoms with van der Waals surface area (Å²) >= 11 is 0. The van der Waals surface area contributed by atoms with Gasteiger partial charge in [0.1, 0.15) is 5.82 Å². The molecule has 0 saturated carbocycles. The molecule has 0 aliphatic heterocycles. The zero-order chi connectivity index (χ0) is 12.6. The molecule has 0 fully saturated rings. The van der Waals surface area contributed by atoms with Crippen LogP contribution in [0, 0.1) is 18.8 Å². The van der Waals surface area contributed by atoms with Crippen LogP contribution in [0.4, 0.5) is 17.6 Å². The lowest BCUT2D eigenvalue weighted by molar-refractivity contribution is -0.141. The van der Waals surface area contributed by atoms with Crippen LogP contribution in [0.3, 0.4) is 0 Å². The number of rotatable bonds is 1. The monoisotopic (exact) mass is 243 g/mol. The Balaban J connectivity index is 2.56. The highest BCUT2D eigenvalue weighted by molar-refractivity contribution is 5.64. The minimum absolute atomic E-state index is 0.0313. The van der Waals surface area contributed by atoms with Gasteiger partial charge in [0.2, 0.25) is 0 Å². The fraction of sp³-hybridized carbons (Fsp3) is 0.182. The van der Waals surface area contributed by atoms with Crippen LogP contribution >= 0.6 is 0 Å². The molecule has 0 spiro atoms. The van der Waals surface area contributed by atoms with Gasteiger partial charge in [0.25, 0.3) is 0 Å². The molecule has 2 nitrogen and oxygen atoms in total. The van der Waals surface area contributed by atoms with Crippen LogP contribution in [-0.4, -0.2) is 10.2 Å². The fourth-order valence-electron chi connectivity index (χ4n) is 1.55. The van der Waals surface area contributed by atoms with Gasteiger partial charge in [0, 0.05) is 11.1 Å². The van der Waals surface area contributed by atoms with Crippen molar-refractivity contribution >= 4 is 0 Å². The van der Waals surface area contributed by atoms with Gasteiger partial charge >= 0.3 is 6.18 Å². The highest BCUT2D eigenvalue weighted by atomic mass is 19.4. The molecule has 17 heavy (non-hydrogen) atoms. The third kappa shape index (κ3) is 2.02. The third-order valence-corrected chi connectivity index (χ3v) is 2.36. The summed E-state index contributed by atoms with van der Waals surface area (Å²) < 4.78 is 50.9. The van der Waals surface area contributed by atoms with Gasteiger partial charge in [-0.25, -0.2) is 4.39 Å². The summed E-state index contributed by atoms with van der Waals surface area (Å²) in [6.45, 7) is 1.25. The second-order valence-corrected chi connectivity index (χ2v) is 3.48. The van der Waals surface area contributed by atoms with Gasteiger partial charge < -0.3 is 0 Å². The van der Waals surface area contributed by atoms with Crippen molar-refractivity contribution in [2.24, 2.45) is 0 Å². The molecule has 0 aliphatic rings. The van der Waals surface area contributed by atoms with E-state index in [9.17, 15) is 17.6 Å². The molecule has 89 valence electrons. The Morgan fingerprint density at radius 3 is 2.59 bits per heavy atom. The number of H-pyrrole nitrogens is 1. The molecule has 0 atom stereocenters. The topological polar surface area (TPSA) is 28.7 Å². The molecule has 1 N–H and O–H groups in total. The quantitative estimate of drug-likeness (QED) is 0.764. The Hall–Kier alpha value is -1.85. The average Bonchev–Trinajstić information content (AvgIpc) is 2.60. The van der Waals surface area contributed by atoms with Gasteiger partial charge in [0.05, 0.1) is 5.69 Å². The molecular formula is C11H7F4N2. The van der Waals surface area contributed by atoms with Crippen LogP contribution < -0.4 is 0 Å². The van der Waals surface area contributed by atoms with Crippen molar-refractivity contribution in [2.75, 3.05) is 0 Å². The van der Waals surface area contributed by atoms with Crippen LogP contribution in [0.15, 0.2) is 18.2 Å². The Morgan fingerprint density at radius 2 is 2.06 bits per heavy atom. The number of hydrogen-bond acceptors (Lipinski definition) is 1. The first-order chi connectivity index (χ1) is 7.91. The number of alkyl halides is 3. The summed E-state index contributed by atoms with van der Waals surface area (Å²) in [5.41, 5.74) is -1.07. The van der Waals surface area contributed by atoms with E-state index in [1.54, 1.807) is 0 Å². The highest BCUT2D eigenvalue weighted by Crippen LogP contribution is 2.34. The van der Waals surface area contributed by atoms with Gasteiger partial charge in [-0.05, 0) is 25.1 Å². The molecule has 1 heterocycles. The van der Waals surface area contributed by atoms with Gasteiger partial charge in [-0.1, -0.05) is 6.07 Å². The van der Waals surface area contributed by atoms with E-state index in [1.807, 2.05) is 0 Å². The molecule has 2 rings (SSSR count). The van der Waals surface area contributed by atoms with Crippen LogP contribution in [0.2, 0.25) is 0 Å². The molecule has 1 aromatic heterocycles. The normalized spacial score (nSPS) is 11.8. The molecular weight excluding hydrogens is 236 g/mol. The van der Waals surface area contributed by atoms with Crippen molar-refractivity contribution in [3.05, 3.63) is 41.3 Å². The lowest BCUT2D eigenvalue weighted by Crippen LogP contribution is -2.07. The maximum absolute atomic E-state index is 13.4. The van der Waals surface area contributed by atoms with E-state index in [0.29, 0.717) is 0 Å². The predicted molar refractivity (Wildman–Crippen MR) is 52.6 cm³/mol. The molecule has 1 radical (unpaired) electrons. The van der Waals surface area contributed by atoms with Crippen LogP contribution in [0.25, 0.3) is 11.3 Å². The first kappa shape index (κ1) is 11.6.